The zero-order valence-electron chi connectivity index (χ0n) is 13.2. The van der Waals surface area contributed by atoms with Crippen molar-refractivity contribution in [3.05, 3.63) is 23.8 Å². The molecule has 0 unspecified atom stereocenters. The first-order valence-electron chi connectivity index (χ1n) is 7.59. The summed E-state index contributed by atoms with van der Waals surface area (Å²) in [6.07, 6.45) is 2.67. The van der Waals surface area contributed by atoms with E-state index in [0.717, 1.165) is 19.3 Å². The van der Waals surface area contributed by atoms with Gasteiger partial charge in [-0.2, -0.15) is 4.31 Å². The monoisotopic (exact) mass is 361 g/mol. The summed E-state index contributed by atoms with van der Waals surface area (Å²) in [4.78, 5) is -0.0119. The number of nitrogens with two attached hydrogens (primary N) is 1. The van der Waals surface area contributed by atoms with Crippen LogP contribution in [0, 0.1) is 6.92 Å². The van der Waals surface area contributed by atoms with Crippen molar-refractivity contribution in [3.63, 3.8) is 0 Å². The zero-order valence-corrected chi connectivity index (χ0v) is 14.8. The lowest BCUT2D eigenvalue weighted by Crippen LogP contribution is -2.36. The second-order valence-corrected chi connectivity index (χ2v) is 9.25. The molecule has 0 saturated carbocycles. The molecule has 0 aliphatic carbocycles. The number of hydrogen-bond donors (Lipinski definition) is 2. The SMILES string of the molecule is Cc1ccc(S(=O)(=O)N2CCCCC2)cc1S(=O)(=O)NCCN. The summed E-state index contributed by atoms with van der Waals surface area (Å²) in [6.45, 7) is 2.86. The van der Waals surface area contributed by atoms with Gasteiger partial charge in [0.05, 0.1) is 9.79 Å². The quantitative estimate of drug-likeness (QED) is 0.762. The molecule has 0 radical (unpaired) electrons. The summed E-state index contributed by atoms with van der Waals surface area (Å²) in [7, 11) is -7.45. The van der Waals surface area contributed by atoms with Crippen LogP contribution in [0.3, 0.4) is 0 Å². The number of piperidine rings is 1. The van der Waals surface area contributed by atoms with Gasteiger partial charge >= 0.3 is 0 Å². The third-order valence-corrected chi connectivity index (χ3v) is 7.34. The molecule has 7 nitrogen and oxygen atoms in total. The summed E-state index contributed by atoms with van der Waals surface area (Å²) >= 11 is 0. The van der Waals surface area contributed by atoms with Crippen LogP contribution in [0.25, 0.3) is 0 Å². The van der Waals surface area contributed by atoms with Crippen LogP contribution < -0.4 is 10.5 Å². The number of benzene rings is 1. The Hall–Kier alpha value is -1.00. The molecule has 9 heteroatoms. The van der Waals surface area contributed by atoms with Gasteiger partial charge < -0.3 is 5.73 Å². The van der Waals surface area contributed by atoms with Crippen LogP contribution in [-0.4, -0.2) is 47.3 Å². The van der Waals surface area contributed by atoms with E-state index in [1.165, 1.54) is 22.5 Å². The van der Waals surface area contributed by atoms with Gasteiger partial charge in [-0.3, -0.25) is 0 Å². The minimum atomic E-state index is -3.78. The van der Waals surface area contributed by atoms with Crippen LogP contribution in [0.4, 0.5) is 0 Å². The fourth-order valence-electron chi connectivity index (χ4n) is 2.56. The van der Waals surface area contributed by atoms with Gasteiger partial charge in [0.1, 0.15) is 0 Å². The Labute approximate surface area is 138 Å². The summed E-state index contributed by atoms with van der Waals surface area (Å²) in [5.74, 6) is 0. The van der Waals surface area contributed by atoms with Crippen molar-refractivity contribution in [2.45, 2.75) is 36.0 Å². The molecule has 0 spiro atoms. The van der Waals surface area contributed by atoms with Crippen LogP contribution in [0.15, 0.2) is 28.0 Å². The molecule has 130 valence electrons. The zero-order chi connectivity index (χ0) is 17.1. The van der Waals surface area contributed by atoms with Gasteiger partial charge in [0.25, 0.3) is 0 Å². The third kappa shape index (κ3) is 4.10. The number of nitrogens with zero attached hydrogens (tertiary/aromatic N) is 1. The molecule has 1 aliphatic rings. The van der Waals surface area contributed by atoms with E-state index in [2.05, 4.69) is 4.72 Å². The van der Waals surface area contributed by atoms with Gasteiger partial charge in [0.15, 0.2) is 0 Å². The Morgan fingerprint density at radius 3 is 2.39 bits per heavy atom. The highest BCUT2D eigenvalue weighted by Crippen LogP contribution is 2.24. The highest BCUT2D eigenvalue weighted by molar-refractivity contribution is 7.90. The summed E-state index contributed by atoms with van der Waals surface area (Å²) < 4.78 is 53.7. The fourth-order valence-corrected chi connectivity index (χ4v) is 5.49. The van der Waals surface area contributed by atoms with E-state index in [4.69, 9.17) is 5.73 Å². The van der Waals surface area contributed by atoms with Gasteiger partial charge in [-0.05, 0) is 37.5 Å². The van der Waals surface area contributed by atoms with Crippen molar-refractivity contribution >= 4 is 20.0 Å². The molecule has 1 aromatic carbocycles. The molecule has 2 rings (SSSR count). The molecule has 0 bridgehead atoms. The maximum absolute atomic E-state index is 12.7. The number of nitrogens with one attached hydrogen (secondary N) is 1. The Bertz CT molecular complexity index is 754. The van der Waals surface area contributed by atoms with E-state index in [0.29, 0.717) is 18.7 Å². The van der Waals surface area contributed by atoms with E-state index in [9.17, 15) is 16.8 Å². The third-order valence-electron chi connectivity index (χ3n) is 3.84. The van der Waals surface area contributed by atoms with E-state index < -0.39 is 20.0 Å². The number of hydrogen-bond acceptors (Lipinski definition) is 5. The molecule has 1 aliphatic heterocycles. The van der Waals surface area contributed by atoms with Gasteiger partial charge in [-0.1, -0.05) is 12.5 Å². The molecule has 0 aromatic heterocycles. The maximum Gasteiger partial charge on any atom is 0.243 e. The van der Waals surface area contributed by atoms with Crippen molar-refractivity contribution in [2.75, 3.05) is 26.2 Å². The van der Waals surface area contributed by atoms with Crippen molar-refractivity contribution < 1.29 is 16.8 Å². The van der Waals surface area contributed by atoms with Gasteiger partial charge in [0, 0.05) is 26.2 Å². The first-order chi connectivity index (χ1) is 10.8. The van der Waals surface area contributed by atoms with Crippen LogP contribution in [0.2, 0.25) is 0 Å². The lowest BCUT2D eigenvalue weighted by Gasteiger charge is -2.26. The average molecular weight is 361 g/mol. The lowest BCUT2D eigenvalue weighted by molar-refractivity contribution is 0.346. The highest BCUT2D eigenvalue weighted by Gasteiger charge is 2.28. The number of aryl methyl sites for hydroxylation is 1. The number of rotatable bonds is 6. The molecule has 0 atom stereocenters. The predicted octanol–water partition coefficient (Wildman–Crippen LogP) is 0.407. The van der Waals surface area contributed by atoms with Crippen molar-refractivity contribution in [2.24, 2.45) is 5.73 Å². The summed E-state index contributed by atoms with van der Waals surface area (Å²) in [5.41, 5.74) is 5.81. The molecule has 1 aromatic rings. The smallest absolute Gasteiger partial charge is 0.243 e. The molecule has 23 heavy (non-hydrogen) atoms. The van der Waals surface area contributed by atoms with E-state index in [-0.39, 0.29) is 22.9 Å². The summed E-state index contributed by atoms with van der Waals surface area (Å²) in [6, 6.07) is 4.22. The van der Waals surface area contributed by atoms with Crippen molar-refractivity contribution in [3.8, 4) is 0 Å². The molecule has 1 fully saturated rings. The van der Waals surface area contributed by atoms with Gasteiger partial charge in [-0.25, -0.2) is 21.6 Å². The molecule has 3 N–H and O–H groups in total. The number of sulfonamides is 2. The van der Waals surface area contributed by atoms with Crippen LogP contribution in [0.5, 0.6) is 0 Å². The van der Waals surface area contributed by atoms with Crippen LogP contribution in [-0.2, 0) is 20.0 Å². The minimum Gasteiger partial charge on any atom is -0.329 e. The van der Waals surface area contributed by atoms with Crippen LogP contribution in [0.1, 0.15) is 24.8 Å². The largest absolute Gasteiger partial charge is 0.329 e. The van der Waals surface area contributed by atoms with E-state index >= 15 is 0 Å². The molecule has 0 amide bonds. The van der Waals surface area contributed by atoms with Gasteiger partial charge in [0.2, 0.25) is 20.0 Å². The Kier molecular flexibility index (Phi) is 5.79. The lowest BCUT2D eigenvalue weighted by atomic mass is 10.2. The minimum absolute atomic E-state index is 0.0122. The Morgan fingerprint density at radius 1 is 1.13 bits per heavy atom. The topological polar surface area (TPSA) is 110 Å². The molecular formula is C14H23N3O4S2. The fraction of sp³-hybridized carbons (Fsp3) is 0.571. The predicted molar refractivity (Wildman–Crippen MR) is 88.0 cm³/mol. The van der Waals surface area contributed by atoms with E-state index in [1.54, 1.807) is 6.92 Å². The second kappa shape index (κ2) is 7.27. The van der Waals surface area contributed by atoms with Crippen molar-refractivity contribution in [1.82, 2.24) is 9.03 Å². The Morgan fingerprint density at radius 2 is 1.78 bits per heavy atom. The second-order valence-electron chi connectivity index (χ2n) is 5.58. The first-order valence-corrected chi connectivity index (χ1v) is 10.5. The summed E-state index contributed by atoms with van der Waals surface area (Å²) in [5, 5.41) is 0. The molecule has 1 saturated heterocycles. The molecule has 1 heterocycles. The average Bonchev–Trinajstić information content (AvgIpc) is 2.54. The standard InChI is InChI=1S/C14H23N3O4S2/c1-12-5-6-13(11-14(12)22(18,19)16-8-7-15)23(20,21)17-9-3-2-4-10-17/h5-6,11,16H,2-4,7-10,15H2,1H3. The van der Waals surface area contributed by atoms with E-state index in [1.807, 2.05) is 0 Å². The van der Waals surface area contributed by atoms with Crippen molar-refractivity contribution in [1.29, 1.82) is 0 Å². The normalized spacial score (nSPS) is 17.3. The molecular weight excluding hydrogens is 338 g/mol. The van der Waals surface area contributed by atoms with Crippen LogP contribution >= 0.6 is 0 Å². The van der Waals surface area contributed by atoms with Gasteiger partial charge in [-0.15, -0.1) is 0 Å². The highest BCUT2D eigenvalue weighted by atomic mass is 32.2. The first kappa shape index (κ1) is 18.3. The Balaban J connectivity index is 2.40. The maximum atomic E-state index is 12.7.